The van der Waals surface area contributed by atoms with Gasteiger partial charge >= 0.3 is 0 Å². The van der Waals surface area contributed by atoms with Crippen molar-refractivity contribution in [2.75, 3.05) is 23.3 Å². The van der Waals surface area contributed by atoms with Crippen LogP contribution in [-0.2, 0) is 4.79 Å². The van der Waals surface area contributed by atoms with Crippen LogP contribution in [0.1, 0.15) is 18.4 Å². The molecule has 3 heterocycles. The van der Waals surface area contributed by atoms with Gasteiger partial charge < -0.3 is 10.2 Å². The third-order valence-electron chi connectivity index (χ3n) is 5.31. The largest absolute Gasteiger partial charge is 0.355 e. The molecule has 0 saturated carbocycles. The predicted molar refractivity (Wildman–Crippen MR) is 117 cm³/mol. The standard InChI is InChI=1S/C21H21N5O3S/c1-14-4-2-5-17(26(28)29)20(14)22-21(27)15-9-11-25(12-10-15)19-8-7-16(23-24-19)18-6-3-13-30-18/h2-8,13,15H,9-12H2,1H3,(H,22,27). The third kappa shape index (κ3) is 4.16. The van der Waals surface area contributed by atoms with Crippen molar-refractivity contribution in [3.05, 3.63) is 63.5 Å². The molecule has 1 aliphatic rings. The molecular formula is C21H21N5O3S. The first-order valence-electron chi connectivity index (χ1n) is 9.70. The number of anilines is 2. The Morgan fingerprint density at radius 3 is 2.60 bits per heavy atom. The molecule has 1 aromatic carbocycles. The van der Waals surface area contributed by atoms with Crippen molar-refractivity contribution in [1.29, 1.82) is 0 Å². The summed E-state index contributed by atoms with van der Waals surface area (Å²) in [6.45, 7) is 3.12. The van der Waals surface area contributed by atoms with E-state index < -0.39 is 4.92 Å². The Balaban J connectivity index is 1.38. The van der Waals surface area contributed by atoms with Crippen molar-refractivity contribution in [2.24, 2.45) is 5.92 Å². The molecule has 1 fully saturated rings. The van der Waals surface area contributed by atoms with E-state index in [0.717, 1.165) is 16.4 Å². The highest BCUT2D eigenvalue weighted by atomic mass is 32.1. The van der Waals surface area contributed by atoms with Crippen LogP contribution in [0, 0.1) is 23.0 Å². The molecular weight excluding hydrogens is 402 g/mol. The Hall–Kier alpha value is -3.33. The van der Waals surface area contributed by atoms with Crippen molar-refractivity contribution in [3.8, 4) is 10.6 Å². The van der Waals surface area contributed by atoms with Crippen molar-refractivity contribution in [1.82, 2.24) is 10.2 Å². The Kier molecular flexibility index (Phi) is 5.71. The molecule has 0 spiro atoms. The maximum absolute atomic E-state index is 12.7. The van der Waals surface area contributed by atoms with Gasteiger partial charge in [-0.2, -0.15) is 0 Å². The van der Waals surface area contributed by atoms with Gasteiger partial charge in [-0.25, -0.2) is 0 Å². The molecule has 0 atom stereocenters. The topological polar surface area (TPSA) is 101 Å². The number of carbonyl (C=O) groups is 1. The summed E-state index contributed by atoms with van der Waals surface area (Å²) in [7, 11) is 0. The number of hydrogen-bond acceptors (Lipinski definition) is 7. The summed E-state index contributed by atoms with van der Waals surface area (Å²) < 4.78 is 0. The molecule has 9 heteroatoms. The molecule has 0 aliphatic carbocycles. The lowest BCUT2D eigenvalue weighted by atomic mass is 9.95. The van der Waals surface area contributed by atoms with Crippen LogP contribution < -0.4 is 10.2 Å². The number of amides is 1. The number of nitro groups is 1. The summed E-state index contributed by atoms with van der Waals surface area (Å²) in [6, 6.07) is 12.7. The van der Waals surface area contributed by atoms with Gasteiger partial charge in [-0.1, -0.05) is 18.2 Å². The van der Waals surface area contributed by atoms with Crippen LogP contribution in [0.25, 0.3) is 10.6 Å². The highest BCUT2D eigenvalue weighted by Gasteiger charge is 2.28. The van der Waals surface area contributed by atoms with Crippen LogP contribution in [0.15, 0.2) is 47.8 Å². The minimum absolute atomic E-state index is 0.0816. The molecule has 0 radical (unpaired) electrons. The Labute approximate surface area is 177 Å². The van der Waals surface area contributed by atoms with Crippen LogP contribution in [0.3, 0.4) is 0 Å². The van der Waals surface area contributed by atoms with Gasteiger partial charge in [0.2, 0.25) is 5.91 Å². The number of para-hydroxylation sites is 1. The second-order valence-corrected chi connectivity index (χ2v) is 8.18. The fraction of sp³-hybridized carbons (Fsp3) is 0.286. The van der Waals surface area contributed by atoms with Gasteiger partial charge in [0.05, 0.1) is 9.80 Å². The summed E-state index contributed by atoms with van der Waals surface area (Å²) in [6.07, 6.45) is 1.31. The number of nitro benzene ring substituents is 1. The van der Waals surface area contributed by atoms with Gasteiger partial charge in [-0.15, -0.1) is 21.5 Å². The molecule has 1 amide bonds. The van der Waals surface area contributed by atoms with E-state index >= 15 is 0 Å². The summed E-state index contributed by atoms with van der Waals surface area (Å²) in [5.41, 5.74) is 1.73. The fourth-order valence-corrected chi connectivity index (χ4v) is 4.30. The molecule has 30 heavy (non-hydrogen) atoms. The average molecular weight is 423 g/mol. The van der Waals surface area contributed by atoms with E-state index in [1.165, 1.54) is 6.07 Å². The van der Waals surface area contributed by atoms with E-state index in [2.05, 4.69) is 20.4 Å². The van der Waals surface area contributed by atoms with Crippen molar-refractivity contribution in [2.45, 2.75) is 19.8 Å². The second-order valence-electron chi connectivity index (χ2n) is 7.23. The zero-order valence-corrected chi connectivity index (χ0v) is 17.3. The summed E-state index contributed by atoms with van der Waals surface area (Å²) in [5.74, 6) is 0.425. The number of aryl methyl sites for hydroxylation is 1. The lowest BCUT2D eigenvalue weighted by Gasteiger charge is -2.31. The Bertz CT molecular complexity index is 1050. The average Bonchev–Trinajstić information content (AvgIpc) is 3.30. The maximum Gasteiger partial charge on any atom is 0.293 e. The summed E-state index contributed by atoms with van der Waals surface area (Å²) in [4.78, 5) is 26.7. The summed E-state index contributed by atoms with van der Waals surface area (Å²) >= 11 is 1.62. The van der Waals surface area contributed by atoms with Crippen LogP contribution in [0.4, 0.5) is 17.2 Å². The number of nitrogens with one attached hydrogen (secondary N) is 1. The van der Waals surface area contributed by atoms with E-state index in [1.54, 1.807) is 30.4 Å². The van der Waals surface area contributed by atoms with Gasteiger partial charge in [0, 0.05) is 25.1 Å². The van der Waals surface area contributed by atoms with Gasteiger partial charge in [-0.3, -0.25) is 14.9 Å². The van der Waals surface area contributed by atoms with E-state index in [9.17, 15) is 14.9 Å². The van der Waals surface area contributed by atoms with Crippen LogP contribution in [-0.4, -0.2) is 34.1 Å². The smallest absolute Gasteiger partial charge is 0.293 e. The third-order valence-corrected chi connectivity index (χ3v) is 6.20. The molecule has 8 nitrogen and oxygen atoms in total. The maximum atomic E-state index is 12.7. The predicted octanol–water partition coefficient (Wildman–Crippen LogP) is 4.28. The Morgan fingerprint density at radius 1 is 1.17 bits per heavy atom. The molecule has 4 rings (SSSR count). The number of nitrogens with zero attached hydrogens (tertiary/aromatic N) is 4. The van der Waals surface area contributed by atoms with Gasteiger partial charge in [0.1, 0.15) is 11.4 Å². The quantitative estimate of drug-likeness (QED) is 0.486. The van der Waals surface area contributed by atoms with Gasteiger partial charge in [0.15, 0.2) is 5.82 Å². The first kappa shape index (κ1) is 20.0. The van der Waals surface area contributed by atoms with E-state index in [0.29, 0.717) is 31.5 Å². The van der Waals surface area contributed by atoms with Gasteiger partial charge in [-0.05, 0) is 48.9 Å². The Morgan fingerprint density at radius 2 is 1.97 bits per heavy atom. The summed E-state index contributed by atoms with van der Waals surface area (Å²) in [5, 5.41) is 24.7. The van der Waals surface area contributed by atoms with E-state index in [1.807, 2.05) is 29.6 Å². The molecule has 2 aromatic heterocycles. The molecule has 154 valence electrons. The molecule has 0 bridgehead atoms. The zero-order valence-electron chi connectivity index (χ0n) is 16.4. The minimum atomic E-state index is -0.469. The fourth-order valence-electron chi connectivity index (χ4n) is 3.61. The SMILES string of the molecule is Cc1cccc([N+](=O)[O-])c1NC(=O)C1CCN(c2ccc(-c3cccs3)nn2)CC1. The number of hydrogen-bond donors (Lipinski definition) is 1. The second kappa shape index (κ2) is 8.58. The number of benzene rings is 1. The lowest BCUT2D eigenvalue weighted by molar-refractivity contribution is -0.384. The number of rotatable bonds is 5. The van der Waals surface area contributed by atoms with E-state index in [4.69, 9.17) is 0 Å². The first-order valence-corrected chi connectivity index (χ1v) is 10.6. The lowest BCUT2D eigenvalue weighted by Crippen LogP contribution is -2.38. The molecule has 1 N–H and O–H groups in total. The van der Waals surface area contributed by atoms with Gasteiger partial charge in [0.25, 0.3) is 5.69 Å². The number of thiophene rings is 1. The van der Waals surface area contributed by atoms with Crippen molar-refractivity contribution < 1.29 is 9.72 Å². The monoisotopic (exact) mass is 423 g/mol. The van der Waals surface area contributed by atoms with Crippen LogP contribution in [0.5, 0.6) is 0 Å². The minimum Gasteiger partial charge on any atom is -0.355 e. The highest BCUT2D eigenvalue weighted by molar-refractivity contribution is 7.13. The number of carbonyl (C=O) groups excluding carboxylic acids is 1. The van der Waals surface area contributed by atoms with Crippen LogP contribution >= 0.6 is 11.3 Å². The molecule has 3 aromatic rings. The van der Waals surface area contributed by atoms with Crippen molar-refractivity contribution >= 4 is 34.4 Å². The molecule has 1 saturated heterocycles. The van der Waals surface area contributed by atoms with Crippen LogP contribution in [0.2, 0.25) is 0 Å². The highest BCUT2D eigenvalue weighted by Crippen LogP contribution is 2.30. The van der Waals surface area contributed by atoms with Crippen molar-refractivity contribution in [3.63, 3.8) is 0 Å². The zero-order chi connectivity index (χ0) is 21.1. The first-order chi connectivity index (χ1) is 14.5. The number of aromatic nitrogens is 2. The van der Waals surface area contributed by atoms with E-state index in [-0.39, 0.29) is 23.2 Å². The molecule has 0 unspecified atom stereocenters. The number of piperidine rings is 1. The molecule has 1 aliphatic heterocycles. The normalized spacial score (nSPS) is 14.5.